The van der Waals surface area contributed by atoms with E-state index < -0.39 is 0 Å². The molecule has 0 radical (unpaired) electrons. The summed E-state index contributed by atoms with van der Waals surface area (Å²) in [6.45, 7) is 6.85. The third-order valence-electron chi connectivity index (χ3n) is 6.24. The summed E-state index contributed by atoms with van der Waals surface area (Å²) < 4.78 is 11.5. The number of carbonyl (C=O) groups excluding carboxylic acids is 2. The first-order valence-electron chi connectivity index (χ1n) is 11.9. The molecule has 0 atom stereocenters. The van der Waals surface area contributed by atoms with Crippen molar-refractivity contribution in [1.29, 1.82) is 0 Å². The van der Waals surface area contributed by atoms with Gasteiger partial charge >= 0.3 is 0 Å². The van der Waals surface area contributed by atoms with Crippen molar-refractivity contribution in [2.24, 2.45) is 0 Å². The average molecular weight is 452 g/mol. The maximum absolute atomic E-state index is 13.1. The number of hydrogen-bond acceptors (Lipinski definition) is 5. The van der Waals surface area contributed by atoms with Crippen LogP contribution in [0.4, 0.5) is 5.69 Å². The Hall–Kier alpha value is -3.22. The summed E-state index contributed by atoms with van der Waals surface area (Å²) >= 11 is 0. The monoisotopic (exact) mass is 451 g/mol. The lowest BCUT2D eigenvalue weighted by molar-refractivity contribution is -0.134. The van der Waals surface area contributed by atoms with Gasteiger partial charge in [-0.2, -0.15) is 0 Å². The summed E-state index contributed by atoms with van der Waals surface area (Å²) in [5, 5.41) is 0. The molecular weight excluding hydrogens is 418 g/mol. The van der Waals surface area contributed by atoms with Crippen LogP contribution in [-0.2, 0) is 4.79 Å². The highest BCUT2D eigenvalue weighted by Crippen LogP contribution is 2.29. The number of ether oxygens (including phenoxy) is 2. The van der Waals surface area contributed by atoms with E-state index in [4.69, 9.17) is 9.47 Å². The van der Waals surface area contributed by atoms with E-state index in [1.165, 1.54) is 12.1 Å². The molecule has 176 valence electrons. The van der Waals surface area contributed by atoms with E-state index in [1.807, 2.05) is 34.9 Å². The lowest BCUT2D eigenvalue weighted by atomic mass is 10.1. The minimum Gasteiger partial charge on any atom is -0.490 e. The molecule has 0 spiro atoms. The second-order valence-corrected chi connectivity index (χ2v) is 8.44. The molecule has 2 aromatic carbocycles. The second kappa shape index (κ2) is 11.1. The molecule has 2 saturated heterocycles. The number of piperidine rings is 1. The summed E-state index contributed by atoms with van der Waals surface area (Å²) in [7, 11) is 0. The third-order valence-corrected chi connectivity index (χ3v) is 6.24. The van der Waals surface area contributed by atoms with Crippen LogP contribution in [0, 0.1) is 0 Å². The average Bonchev–Trinajstić information content (AvgIpc) is 2.88. The molecule has 7 nitrogen and oxygen atoms in total. The maximum Gasteiger partial charge on any atom is 0.260 e. The lowest BCUT2D eigenvalue weighted by Gasteiger charge is -2.36. The van der Waals surface area contributed by atoms with Crippen LogP contribution < -0.4 is 14.4 Å². The lowest BCUT2D eigenvalue weighted by Crippen LogP contribution is -2.48. The molecule has 0 unspecified atom stereocenters. The molecule has 0 N–H and O–H groups in total. The fraction of sp³-hybridized carbons (Fsp3) is 0.462. The highest BCUT2D eigenvalue weighted by molar-refractivity contribution is 5.95. The molecule has 2 aromatic rings. The molecule has 4 rings (SSSR count). The number of rotatable bonds is 7. The fourth-order valence-electron chi connectivity index (χ4n) is 4.39. The van der Waals surface area contributed by atoms with Gasteiger partial charge in [0, 0.05) is 50.5 Å². The number of anilines is 1. The van der Waals surface area contributed by atoms with Crippen molar-refractivity contribution in [3.05, 3.63) is 54.1 Å². The Bertz CT molecular complexity index is 936. The van der Waals surface area contributed by atoms with E-state index in [0.717, 1.165) is 39.0 Å². The van der Waals surface area contributed by atoms with Crippen molar-refractivity contribution in [2.45, 2.75) is 26.2 Å². The number of nitrogens with zero attached hydrogens (tertiary/aromatic N) is 3. The number of para-hydroxylation sites is 1. The highest BCUT2D eigenvalue weighted by Gasteiger charge is 2.24. The SMILES string of the molecule is CCOc1cc(C(=O)N2CCN(c3ccccc3)CC2)ccc1OCC(=O)N1CCCCC1. The fourth-order valence-corrected chi connectivity index (χ4v) is 4.39. The first-order valence-corrected chi connectivity index (χ1v) is 11.9. The third kappa shape index (κ3) is 5.78. The predicted octanol–water partition coefficient (Wildman–Crippen LogP) is 3.44. The quantitative estimate of drug-likeness (QED) is 0.645. The van der Waals surface area contributed by atoms with Crippen LogP contribution in [0.3, 0.4) is 0 Å². The number of benzene rings is 2. The topological polar surface area (TPSA) is 62.3 Å². The van der Waals surface area contributed by atoms with Gasteiger partial charge in [0.1, 0.15) is 0 Å². The van der Waals surface area contributed by atoms with Gasteiger partial charge in [0.2, 0.25) is 0 Å². The van der Waals surface area contributed by atoms with E-state index in [0.29, 0.717) is 36.8 Å². The standard InChI is InChI=1S/C26H33N3O4/c1-2-32-24-19-21(11-12-23(24)33-20-25(30)28-13-7-4-8-14-28)26(31)29-17-15-27(16-18-29)22-9-5-3-6-10-22/h3,5-6,9-12,19H,2,4,7-8,13-18,20H2,1H3. The molecule has 0 aliphatic carbocycles. The molecule has 0 aromatic heterocycles. The van der Waals surface area contributed by atoms with Gasteiger partial charge < -0.3 is 24.2 Å². The van der Waals surface area contributed by atoms with Crippen molar-refractivity contribution in [3.63, 3.8) is 0 Å². The smallest absolute Gasteiger partial charge is 0.260 e. The molecule has 2 fully saturated rings. The Morgan fingerprint density at radius 2 is 1.52 bits per heavy atom. The van der Waals surface area contributed by atoms with Crippen LogP contribution in [0.15, 0.2) is 48.5 Å². The molecule has 0 saturated carbocycles. The largest absolute Gasteiger partial charge is 0.490 e. The second-order valence-electron chi connectivity index (χ2n) is 8.44. The highest BCUT2D eigenvalue weighted by atomic mass is 16.5. The van der Waals surface area contributed by atoms with Gasteiger partial charge in [-0.15, -0.1) is 0 Å². The van der Waals surface area contributed by atoms with Gasteiger partial charge in [-0.25, -0.2) is 0 Å². The van der Waals surface area contributed by atoms with Crippen molar-refractivity contribution in [2.75, 3.05) is 57.4 Å². The molecule has 33 heavy (non-hydrogen) atoms. The number of amides is 2. The van der Waals surface area contributed by atoms with Crippen LogP contribution >= 0.6 is 0 Å². The zero-order valence-electron chi connectivity index (χ0n) is 19.4. The number of likely N-dealkylation sites (tertiary alicyclic amines) is 1. The minimum absolute atomic E-state index is 0.00594. The summed E-state index contributed by atoms with van der Waals surface area (Å²) in [6.07, 6.45) is 3.27. The molecule has 0 bridgehead atoms. The molecule has 2 aliphatic heterocycles. The van der Waals surface area contributed by atoms with Gasteiger partial charge in [-0.3, -0.25) is 9.59 Å². The van der Waals surface area contributed by atoms with Crippen LogP contribution in [-0.4, -0.2) is 74.1 Å². The van der Waals surface area contributed by atoms with Crippen LogP contribution in [0.1, 0.15) is 36.5 Å². The summed E-state index contributed by atoms with van der Waals surface area (Å²) in [6, 6.07) is 15.5. The van der Waals surface area contributed by atoms with E-state index in [9.17, 15) is 9.59 Å². The summed E-state index contributed by atoms with van der Waals surface area (Å²) in [5.74, 6) is 0.971. The van der Waals surface area contributed by atoms with Gasteiger partial charge in [0.25, 0.3) is 11.8 Å². The minimum atomic E-state index is -0.0190. The van der Waals surface area contributed by atoms with E-state index in [2.05, 4.69) is 17.0 Å². The van der Waals surface area contributed by atoms with Crippen molar-refractivity contribution >= 4 is 17.5 Å². The molecule has 2 aliphatic rings. The number of hydrogen-bond donors (Lipinski definition) is 0. The first kappa shape index (κ1) is 23.0. The Morgan fingerprint density at radius 1 is 0.788 bits per heavy atom. The van der Waals surface area contributed by atoms with E-state index in [1.54, 1.807) is 18.2 Å². The Balaban J connectivity index is 1.37. The van der Waals surface area contributed by atoms with Gasteiger partial charge in [-0.05, 0) is 56.5 Å². The Kier molecular flexibility index (Phi) is 7.70. The van der Waals surface area contributed by atoms with E-state index in [-0.39, 0.29) is 18.4 Å². The summed E-state index contributed by atoms with van der Waals surface area (Å²) in [5.41, 5.74) is 1.75. The number of piperazine rings is 1. The maximum atomic E-state index is 13.1. The predicted molar refractivity (Wildman–Crippen MR) is 128 cm³/mol. The van der Waals surface area contributed by atoms with Crippen LogP contribution in [0.5, 0.6) is 11.5 Å². The number of carbonyl (C=O) groups is 2. The first-order chi connectivity index (χ1) is 16.2. The zero-order chi connectivity index (χ0) is 23.0. The van der Waals surface area contributed by atoms with Crippen molar-refractivity contribution in [1.82, 2.24) is 9.80 Å². The van der Waals surface area contributed by atoms with Crippen LogP contribution in [0.25, 0.3) is 0 Å². The van der Waals surface area contributed by atoms with Crippen molar-refractivity contribution in [3.8, 4) is 11.5 Å². The molecule has 2 amide bonds. The van der Waals surface area contributed by atoms with Crippen molar-refractivity contribution < 1.29 is 19.1 Å². The van der Waals surface area contributed by atoms with E-state index >= 15 is 0 Å². The summed E-state index contributed by atoms with van der Waals surface area (Å²) in [4.78, 5) is 31.6. The van der Waals surface area contributed by atoms with Gasteiger partial charge in [0.15, 0.2) is 18.1 Å². The zero-order valence-corrected chi connectivity index (χ0v) is 19.4. The molecule has 7 heteroatoms. The molecular formula is C26H33N3O4. The normalized spacial score (nSPS) is 16.5. The van der Waals surface area contributed by atoms with Crippen LogP contribution in [0.2, 0.25) is 0 Å². The van der Waals surface area contributed by atoms with Gasteiger partial charge in [-0.1, -0.05) is 18.2 Å². The Morgan fingerprint density at radius 3 is 2.21 bits per heavy atom. The van der Waals surface area contributed by atoms with Gasteiger partial charge in [0.05, 0.1) is 6.61 Å². The Labute approximate surface area is 195 Å². The molecule has 2 heterocycles.